The molecule has 0 saturated heterocycles. The standard InChI is InChI=1S/C17H24O3/c1-6-13-7-8-15(14(11-13)17(3,4)5)20-10-9-12(2)16(18)19/h7-9,11H,6,10H2,1-5H3,(H,18,19). The number of hydrogen-bond acceptors (Lipinski definition) is 2. The molecule has 0 aliphatic rings. The molecule has 0 aliphatic heterocycles. The maximum absolute atomic E-state index is 10.7. The number of aliphatic carboxylic acids is 1. The quantitative estimate of drug-likeness (QED) is 0.828. The van der Waals surface area contributed by atoms with E-state index in [1.165, 1.54) is 5.56 Å². The Morgan fingerprint density at radius 3 is 2.50 bits per heavy atom. The molecule has 0 spiro atoms. The Morgan fingerprint density at radius 1 is 1.35 bits per heavy atom. The molecule has 0 aliphatic carbocycles. The summed E-state index contributed by atoms with van der Waals surface area (Å²) in [6, 6.07) is 6.20. The molecule has 1 aromatic carbocycles. The van der Waals surface area contributed by atoms with Crippen LogP contribution in [0.15, 0.2) is 29.8 Å². The molecule has 0 bridgehead atoms. The van der Waals surface area contributed by atoms with E-state index >= 15 is 0 Å². The van der Waals surface area contributed by atoms with E-state index in [0.29, 0.717) is 5.57 Å². The zero-order chi connectivity index (χ0) is 15.3. The van der Waals surface area contributed by atoms with Gasteiger partial charge in [-0.25, -0.2) is 4.79 Å². The van der Waals surface area contributed by atoms with Crippen LogP contribution >= 0.6 is 0 Å². The van der Waals surface area contributed by atoms with Crippen molar-refractivity contribution in [2.75, 3.05) is 6.61 Å². The van der Waals surface area contributed by atoms with Gasteiger partial charge in [0.25, 0.3) is 0 Å². The molecule has 0 unspecified atom stereocenters. The summed E-state index contributed by atoms with van der Waals surface area (Å²) in [5.41, 5.74) is 2.72. The molecule has 1 rings (SSSR count). The smallest absolute Gasteiger partial charge is 0.331 e. The fourth-order valence-corrected chi connectivity index (χ4v) is 1.85. The number of carboxylic acid groups (broad SMARTS) is 1. The van der Waals surface area contributed by atoms with Gasteiger partial charge >= 0.3 is 5.97 Å². The Labute approximate surface area is 121 Å². The van der Waals surface area contributed by atoms with E-state index in [9.17, 15) is 4.79 Å². The average molecular weight is 276 g/mol. The maximum atomic E-state index is 10.7. The highest BCUT2D eigenvalue weighted by atomic mass is 16.5. The van der Waals surface area contributed by atoms with Crippen molar-refractivity contribution in [1.82, 2.24) is 0 Å². The van der Waals surface area contributed by atoms with Crippen LogP contribution in [0.25, 0.3) is 0 Å². The molecule has 0 heterocycles. The van der Waals surface area contributed by atoms with Gasteiger partial charge in [0.1, 0.15) is 12.4 Å². The van der Waals surface area contributed by atoms with Crippen molar-refractivity contribution in [2.45, 2.75) is 46.5 Å². The zero-order valence-corrected chi connectivity index (χ0v) is 13.0. The Hall–Kier alpha value is -1.77. The van der Waals surface area contributed by atoms with E-state index in [4.69, 9.17) is 9.84 Å². The van der Waals surface area contributed by atoms with Gasteiger partial charge < -0.3 is 9.84 Å². The molecular formula is C17H24O3. The Bertz CT molecular complexity index is 507. The fourth-order valence-electron chi connectivity index (χ4n) is 1.85. The third-order valence-electron chi connectivity index (χ3n) is 3.23. The average Bonchev–Trinajstić information content (AvgIpc) is 2.37. The van der Waals surface area contributed by atoms with Gasteiger partial charge in [-0.3, -0.25) is 0 Å². The number of hydrogen-bond donors (Lipinski definition) is 1. The largest absolute Gasteiger partial charge is 0.489 e. The first-order valence-corrected chi connectivity index (χ1v) is 6.92. The van der Waals surface area contributed by atoms with Crippen LogP contribution in [0.3, 0.4) is 0 Å². The lowest BCUT2D eigenvalue weighted by Gasteiger charge is -2.23. The van der Waals surface area contributed by atoms with E-state index in [1.807, 2.05) is 6.07 Å². The minimum Gasteiger partial charge on any atom is -0.489 e. The molecule has 0 amide bonds. The number of carboxylic acids is 1. The first kappa shape index (κ1) is 16.3. The summed E-state index contributed by atoms with van der Waals surface area (Å²) in [6.07, 6.45) is 2.57. The molecule has 1 N–H and O–H groups in total. The van der Waals surface area contributed by atoms with Crippen LogP contribution in [-0.2, 0) is 16.6 Å². The van der Waals surface area contributed by atoms with Crippen molar-refractivity contribution in [3.63, 3.8) is 0 Å². The highest BCUT2D eigenvalue weighted by molar-refractivity contribution is 5.85. The van der Waals surface area contributed by atoms with Crippen LogP contribution in [0.5, 0.6) is 5.75 Å². The summed E-state index contributed by atoms with van der Waals surface area (Å²) in [4.78, 5) is 10.7. The summed E-state index contributed by atoms with van der Waals surface area (Å²) < 4.78 is 5.74. The Morgan fingerprint density at radius 2 is 2.00 bits per heavy atom. The number of carbonyl (C=O) groups is 1. The first-order valence-electron chi connectivity index (χ1n) is 6.92. The van der Waals surface area contributed by atoms with Crippen molar-refractivity contribution in [3.05, 3.63) is 41.0 Å². The highest BCUT2D eigenvalue weighted by Crippen LogP contribution is 2.32. The molecule has 0 radical (unpaired) electrons. The topological polar surface area (TPSA) is 46.5 Å². The van der Waals surface area contributed by atoms with Crippen molar-refractivity contribution >= 4 is 5.97 Å². The van der Waals surface area contributed by atoms with E-state index in [2.05, 4.69) is 39.8 Å². The fraction of sp³-hybridized carbons (Fsp3) is 0.471. The second-order valence-electron chi connectivity index (χ2n) is 5.94. The monoisotopic (exact) mass is 276 g/mol. The lowest BCUT2D eigenvalue weighted by atomic mass is 9.85. The second-order valence-corrected chi connectivity index (χ2v) is 5.94. The van der Waals surface area contributed by atoms with Gasteiger partial charge in [0.05, 0.1) is 0 Å². The van der Waals surface area contributed by atoms with E-state index in [-0.39, 0.29) is 12.0 Å². The summed E-state index contributed by atoms with van der Waals surface area (Å²) >= 11 is 0. The van der Waals surface area contributed by atoms with Gasteiger partial charge in [0, 0.05) is 5.57 Å². The second kappa shape index (κ2) is 6.60. The van der Waals surface area contributed by atoms with E-state index < -0.39 is 5.97 Å². The molecule has 110 valence electrons. The van der Waals surface area contributed by atoms with Crippen molar-refractivity contribution < 1.29 is 14.6 Å². The molecule has 0 saturated carbocycles. The normalized spacial score (nSPS) is 12.3. The van der Waals surface area contributed by atoms with Gasteiger partial charge in [-0.2, -0.15) is 0 Å². The minimum absolute atomic E-state index is 0.00787. The molecule has 3 nitrogen and oxygen atoms in total. The van der Waals surface area contributed by atoms with Crippen LogP contribution in [-0.4, -0.2) is 17.7 Å². The van der Waals surface area contributed by atoms with Gasteiger partial charge in [0.2, 0.25) is 0 Å². The van der Waals surface area contributed by atoms with Crippen LogP contribution in [0.1, 0.15) is 45.7 Å². The van der Waals surface area contributed by atoms with Crippen LogP contribution in [0, 0.1) is 0 Å². The van der Waals surface area contributed by atoms with Gasteiger partial charge in [0.15, 0.2) is 0 Å². The molecular weight excluding hydrogens is 252 g/mol. The minimum atomic E-state index is -0.911. The number of ether oxygens (including phenoxy) is 1. The van der Waals surface area contributed by atoms with Gasteiger partial charge in [-0.1, -0.05) is 39.8 Å². The molecule has 20 heavy (non-hydrogen) atoms. The maximum Gasteiger partial charge on any atom is 0.331 e. The third kappa shape index (κ3) is 4.41. The highest BCUT2D eigenvalue weighted by Gasteiger charge is 2.19. The molecule has 1 aromatic rings. The zero-order valence-electron chi connectivity index (χ0n) is 13.0. The van der Waals surface area contributed by atoms with E-state index in [0.717, 1.165) is 17.7 Å². The summed E-state index contributed by atoms with van der Waals surface area (Å²) in [7, 11) is 0. The Kier molecular flexibility index (Phi) is 5.37. The van der Waals surface area contributed by atoms with E-state index in [1.54, 1.807) is 13.0 Å². The lowest BCUT2D eigenvalue weighted by Crippen LogP contribution is -2.14. The predicted octanol–water partition coefficient (Wildman–Crippen LogP) is 3.96. The molecule has 3 heteroatoms. The SMILES string of the molecule is CCc1ccc(OCC=C(C)C(=O)O)c(C(C)(C)C)c1. The van der Waals surface area contributed by atoms with Gasteiger partial charge in [-0.05, 0) is 42.0 Å². The van der Waals surface area contributed by atoms with Crippen LogP contribution < -0.4 is 4.74 Å². The van der Waals surface area contributed by atoms with Crippen molar-refractivity contribution in [2.24, 2.45) is 0 Å². The molecule has 0 fully saturated rings. The molecule has 0 atom stereocenters. The number of benzene rings is 1. The van der Waals surface area contributed by atoms with Crippen molar-refractivity contribution in [1.29, 1.82) is 0 Å². The lowest BCUT2D eigenvalue weighted by molar-refractivity contribution is -0.132. The Balaban J connectivity index is 2.95. The third-order valence-corrected chi connectivity index (χ3v) is 3.23. The first-order chi connectivity index (χ1) is 9.25. The predicted molar refractivity (Wildman–Crippen MR) is 81.4 cm³/mol. The van der Waals surface area contributed by atoms with Crippen LogP contribution in [0.2, 0.25) is 0 Å². The van der Waals surface area contributed by atoms with Crippen molar-refractivity contribution in [3.8, 4) is 5.75 Å². The summed E-state index contributed by atoms with van der Waals surface area (Å²) in [6.45, 7) is 10.4. The summed E-state index contributed by atoms with van der Waals surface area (Å²) in [5.74, 6) is -0.0879. The number of aryl methyl sites for hydroxylation is 1. The molecule has 0 aromatic heterocycles. The summed E-state index contributed by atoms with van der Waals surface area (Å²) in [5, 5.41) is 8.81. The van der Waals surface area contributed by atoms with Gasteiger partial charge in [-0.15, -0.1) is 0 Å². The number of rotatable bonds is 5. The van der Waals surface area contributed by atoms with Crippen LogP contribution in [0.4, 0.5) is 0 Å².